The molecule has 0 aliphatic heterocycles. The van der Waals surface area contributed by atoms with Crippen LogP contribution in [0.3, 0.4) is 0 Å². The van der Waals surface area contributed by atoms with Gasteiger partial charge in [-0.15, -0.1) is 10.2 Å². The third kappa shape index (κ3) is 3.52. The van der Waals surface area contributed by atoms with E-state index in [4.69, 9.17) is 5.11 Å². The number of hydrogen-bond donors (Lipinski definition) is 2. The number of aryl methyl sites for hydroxylation is 1. The van der Waals surface area contributed by atoms with Crippen molar-refractivity contribution in [1.29, 1.82) is 0 Å². The highest BCUT2D eigenvalue weighted by atomic mass is 16.3. The molecule has 1 heterocycles. The third-order valence-corrected chi connectivity index (χ3v) is 3.45. The first-order valence-electron chi connectivity index (χ1n) is 7.50. The van der Waals surface area contributed by atoms with E-state index in [1.807, 2.05) is 61.5 Å². The van der Waals surface area contributed by atoms with E-state index in [-0.39, 0.29) is 6.61 Å². The van der Waals surface area contributed by atoms with Gasteiger partial charge >= 0.3 is 0 Å². The monoisotopic (exact) mass is 306 g/mol. The van der Waals surface area contributed by atoms with E-state index in [2.05, 4.69) is 20.5 Å². The van der Waals surface area contributed by atoms with Gasteiger partial charge in [0, 0.05) is 17.7 Å². The minimum absolute atomic E-state index is 0.0258. The number of nitrogens with zero attached hydrogens (tertiary/aromatic N) is 3. The molecule has 0 aliphatic rings. The van der Waals surface area contributed by atoms with Crippen molar-refractivity contribution in [2.75, 3.05) is 18.5 Å². The molecule has 0 saturated heterocycles. The number of nitrogens with one attached hydrogen (secondary N) is 1. The predicted octanol–water partition coefficient (Wildman–Crippen LogP) is 2.92. The Morgan fingerprint density at radius 3 is 2.35 bits per heavy atom. The largest absolute Gasteiger partial charge is 0.395 e. The first kappa shape index (κ1) is 15.1. The molecule has 0 saturated carbocycles. The summed E-state index contributed by atoms with van der Waals surface area (Å²) in [4.78, 5) is 4.58. The molecule has 0 fully saturated rings. The van der Waals surface area contributed by atoms with Gasteiger partial charge in [-0.05, 0) is 6.92 Å². The molecule has 0 aliphatic carbocycles. The van der Waals surface area contributed by atoms with E-state index in [1.165, 1.54) is 5.56 Å². The molecular weight excluding hydrogens is 288 g/mol. The van der Waals surface area contributed by atoms with Gasteiger partial charge in [0.05, 0.1) is 6.61 Å². The van der Waals surface area contributed by atoms with Crippen LogP contribution in [0, 0.1) is 6.92 Å². The van der Waals surface area contributed by atoms with Gasteiger partial charge in [0.1, 0.15) is 5.69 Å². The van der Waals surface area contributed by atoms with Crippen molar-refractivity contribution in [2.24, 2.45) is 0 Å². The molecule has 0 unspecified atom stereocenters. The highest BCUT2D eigenvalue weighted by Gasteiger charge is 2.12. The average Bonchev–Trinajstić information content (AvgIpc) is 2.61. The number of aromatic nitrogens is 3. The zero-order chi connectivity index (χ0) is 16.1. The highest BCUT2D eigenvalue weighted by molar-refractivity contribution is 5.72. The van der Waals surface area contributed by atoms with Crippen LogP contribution in [0.5, 0.6) is 0 Å². The smallest absolute Gasteiger partial charge is 0.183 e. The molecule has 0 atom stereocenters. The molecule has 2 N–H and O–H groups in total. The van der Waals surface area contributed by atoms with Gasteiger partial charge in [0.2, 0.25) is 0 Å². The fraction of sp³-hybridized carbons (Fsp3) is 0.167. The zero-order valence-corrected chi connectivity index (χ0v) is 12.9. The van der Waals surface area contributed by atoms with Crippen molar-refractivity contribution < 1.29 is 5.11 Å². The minimum atomic E-state index is 0.0258. The van der Waals surface area contributed by atoms with Crippen LogP contribution in [0.1, 0.15) is 5.56 Å². The Balaban J connectivity index is 2.03. The third-order valence-electron chi connectivity index (χ3n) is 3.45. The second-order valence-corrected chi connectivity index (χ2v) is 5.22. The lowest BCUT2D eigenvalue weighted by Gasteiger charge is -2.11. The van der Waals surface area contributed by atoms with Crippen molar-refractivity contribution in [2.45, 2.75) is 6.92 Å². The first-order valence-corrected chi connectivity index (χ1v) is 7.50. The van der Waals surface area contributed by atoms with Crippen molar-refractivity contribution in [1.82, 2.24) is 15.2 Å². The molecule has 5 nitrogen and oxygen atoms in total. The second-order valence-electron chi connectivity index (χ2n) is 5.22. The van der Waals surface area contributed by atoms with E-state index in [9.17, 15) is 0 Å². The molecule has 1 aromatic heterocycles. The number of anilines is 1. The summed E-state index contributed by atoms with van der Waals surface area (Å²) in [5, 5.41) is 20.8. The number of hydrogen-bond acceptors (Lipinski definition) is 5. The molecule has 3 aromatic rings. The van der Waals surface area contributed by atoms with Gasteiger partial charge in [0.15, 0.2) is 11.6 Å². The average molecular weight is 306 g/mol. The molecule has 0 bridgehead atoms. The van der Waals surface area contributed by atoms with Crippen molar-refractivity contribution >= 4 is 5.82 Å². The summed E-state index contributed by atoms with van der Waals surface area (Å²) >= 11 is 0. The molecule has 0 spiro atoms. The lowest BCUT2D eigenvalue weighted by atomic mass is 10.1. The van der Waals surface area contributed by atoms with Gasteiger partial charge < -0.3 is 10.4 Å². The number of aliphatic hydroxyl groups is 1. The maximum Gasteiger partial charge on any atom is 0.183 e. The van der Waals surface area contributed by atoms with E-state index in [0.717, 1.165) is 11.1 Å². The van der Waals surface area contributed by atoms with Gasteiger partial charge in [-0.3, -0.25) is 0 Å². The normalized spacial score (nSPS) is 10.5. The van der Waals surface area contributed by atoms with Crippen LogP contribution in [0.2, 0.25) is 0 Å². The van der Waals surface area contributed by atoms with Crippen LogP contribution in [0.15, 0.2) is 54.6 Å². The van der Waals surface area contributed by atoms with Crippen molar-refractivity contribution in [3.63, 3.8) is 0 Å². The Hall–Kier alpha value is -2.79. The van der Waals surface area contributed by atoms with Crippen LogP contribution < -0.4 is 5.32 Å². The van der Waals surface area contributed by atoms with Crippen LogP contribution in [-0.4, -0.2) is 33.4 Å². The van der Waals surface area contributed by atoms with Gasteiger partial charge in [-0.25, -0.2) is 4.98 Å². The lowest BCUT2D eigenvalue weighted by molar-refractivity contribution is 0.311. The van der Waals surface area contributed by atoms with Crippen molar-refractivity contribution in [3.8, 4) is 22.6 Å². The summed E-state index contributed by atoms with van der Waals surface area (Å²) in [6.45, 7) is 2.47. The van der Waals surface area contributed by atoms with Crippen LogP contribution in [-0.2, 0) is 0 Å². The minimum Gasteiger partial charge on any atom is -0.395 e. The zero-order valence-electron chi connectivity index (χ0n) is 12.9. The predicted molar refractivity (Wildman–Crippen MR) is 91.0 cm³/mol. The quantitative estimate of drug-likeness (QED) is 0.758. The highest BCUT2D eigenvalue weighted by Crippen LogP contribution is 2.26. The van der Waals surface area contributed by atoms with E-state index in [1.54, 1.807) is 0 Å². The number of aliphatic hydroxyl groups excluding tert-OH is 1. The Morgan fingerprint density at radius 2 is 1.65 bits per heavy atom. The van der Waals surface area contributed by atoms with Gasteiger partial charge in [-0.2, -0.15) is 0 Å². The first-order chi connectivity index (χ1) is 11.3. The summed E-state index contributed by atoms with van der Waals surface area (Å²) in [5.41, 5.74) is 3.71. The summed E-state index contributed by atoms with van der Waals surface area (Å²) < 4.78 is 0. The fourth-order valence-electron chi connectivity index (χ4n) is 2.24. The van der Waals surface area contributed by atoms with E-state index < -0.39 is 0 Å². The lowest BCUT2D eigenvalue weighted by Crippen LogP contribution is -2.10. The maximum absolute atomic E-state index is 9.09. The molecule has 116 valence electrons. The summed E-state index contributed by atoms with van der Waals surface area (Å²) in [6.07, 6.45) is 0. The van der Waals surface area contributed by atoms with Gasteiger partial charge in [0.25, 0.3) is 0 Å². The van der Waals surface area contributed by atoms with Crippen LogP contribution in [0.25, 0.3) is 22.6 Å². The molecule has 0 radical (unpaired) electrons. The molecule has 5 heteroatoms. The molecule has 23 heavy (non-hydrogen) atoms. The fourth-order valence-corrected chi connectivity index (χ4v) is 2.24. The Morgan fingerprint density at radius 1 is 0.913 bits per heavy atom. The second kappa shape index (κ2) is 6.98. The Labute approximate surface area is 135 Å². The maximum atomic E-state index is 9.09. The molecule has 0 amide bonds. The summed E-state index contributed by atoms with van der Waals surface area (Å²) in [7, 11) is 0. The van der Waals surface area contributed by atoms with Crippen LogP contribution >= 0.6 is 0 Å². The summed E-state index contributed by atoms with van der Waals surface area (Å²) in [6, 6.07) is 17.7. The topological polar surface area (TPSA) is 70.9 Å². The van der Waals surface area contributed by atoms with Crippen LogP contribution in [0.4, 0.5) is 5.82 Å². The van der Waals surface area contributed by atoms with E-state index >= 15 is 0 Å². The molecule has 2 aromatic carbocycles. The number of benzene rings is 2. The summed E-state index contributed by atoms with van der Waals surface area (Å²) in [5.74, 6) is 1.18. The number of rotatable bonds is 5. The SMILES string of the molecule is Cc1ccc(-c2nnc(-c3ccccc3)nc2NCCO)cc1. The van der Waals surface area contributed by atoms with Gasteiger partial charge in [-0.1, -0.05) is 60.2 Å². The Bertz CT molecular complexity index is 773. The van der Waals surface area contributed by atoms with E-state index in [0.29, 0.717) is 23.9 Å². The Kier molecular flexibility index (Phi) is 4.59. The van der Waals surface area contributed by atoms with Crippen molar-refractivity contribution in [3.05, 3.63) is 60.2 Å². The molecular formula is C18H18N4O. The molecule has 3 rings (SSSR count). The standard InChI is InChI=1S/C18H18N4O/c1-13-7-9-14(10-8-13)16-18(19-11-12-23)20-17(22-21-16)15-5-3-2-4-6-15/h2-10,23H,11-12H2,1H3,(H,19,20,22).